The van der Waals surface area contributed by atoms with Crippen molar-refractivity contribution in [3.05, 3.63) is 41.4 Å². The molecule has 0 N–H and O–H groups in total. The molecule has 0 bridgehead atoms. The molecule has 1 saturated heterocycles. The van der Waals surface area contributed by atoms with E-state index in [1.807, 2.05) is 0 Å². The number of fused-ring (bicyclic) bond motifs is 1. The van der Waals surface area contributed by atoms with Gasteiger partial charge in [0.25, 0.3) is 0 Å². The van der Waals surface area contributed by atoms with Gasteiger partial charge < -0.3 is 9.64 Å². The Morgan fingerprint density at radius 1 is 1.19 bits per heavy atom. The molecule has 0 aliphatic carbocycles. The van der Waals surface area contributed by atoms with E-state index in [1.165, 1.54) is 18.0 Å². The first kappa shape index (κ1) is 23.5. The average Bonchev–Trinajstić information content (AvgIpc) is 3.05. The highest BCUT2D eigenvalue weighted by atomic mass is 35.5. The first-order valence-corrected chi connectivity index (χ1v) is 11.8. The number of carbonyl (C=O) groups is 2. The smallest absolute Gasteiger partial charge is 0.329 e. The zero-order valence-corrected chi connectivity index (χ0v) is 19.8. The maximum Gasteiger partial charge on any atom is 0.329 e. The molecule has 0 radical (unpaired) electrons. The third-order valence-corrected chi connectivity index (χ3v) is 7.41. The van der Waals surface area contributed by atoms with Gasteiger partial charge in [0.2, 0.25) is 15.9 Å². The van der Waals surface area contributed by atoms with Crippen LogP contribution in [0, 0.1) is 0 Å². The van der Waals surface area contributed by atoms with Crippen LogP contribution in [0.2, 0.25) is 5.02 Å². The van der Waals surface area contributed by atoms with Gasteiger partial charge in [-0.3, -0.25) is 4.79 Å². The minimum atomic E-state index is -3.92. The topological polar surface area (TPSA) is 84.0 Å². The van der Waals surface area contributed by atoms with Crippen molar-refractivity contribution < 1.29 is 22.7 Å². The van der Waals surface area contributed by atoms with Crippen LogP contribution in [0.4, 0.5) is 0 Å². The summed E-state index contributed by atoms with van der Waals surface area (Å²) >= 11 is 6.00. The zero-order chi connectivity index (χ0) is 23.1. The fourth-order valence-electron chi connectivity index (χ4n) is 3.61. The third-order valence-electron chi connectivity index (χ3n) is 5.32. The molecule has 1 amide bonds. The molecule has 2 aromatic rings. The van der Waals surface area contributed by atoms with Crippen LogP contribution in [0.1, 0.15) is 34.1 Å². The molecular formula is C22H27ClN2O5S. The molecule has 1 fully saturated rings. The molecular weight excluding hydrogens is 440 g/mol. The van der Waals surface area contributed by atoms with Crippen molar-refractivity contribution in [3.63, 3.8) is 0 Å². The van der Waals surface area contributed by atoms with Gasteiger partial charge in [0, 0.05) is 18.6 Å². The van der Waals surface area contributed by atoms with Crippen LogP contribution in [0.15, 0.2) is 41.3 Å². The van der Waals surface area contributed by atoms with Crippen molar-refractivity contribution in [3.8, 4) is 0 Å². The summed E-state index contributed by atoms with van der Waals surface area (Å²) in [4.78, 5) is 26.8. The van der Waals surface area contributed by atoms with Crippen LogP contribution in [-0.4, -0.2) is 60.8 Å². The quantitative estimate of drug-likeness (QED) is 0.630. The molecule has 3 rings (SSSR count). The Bertz CT molecular complexity index is 1130. The highest BCUT2D eigenvalue weighted by molar-refractivity contribution is 7.89. The third kappa shape index (κ3) is 4.86. The van der Waals surface area contributed by atoms with Crippen molar-refractivity contribution >= 4 is 44.3 Å². The van der Waals surface area contributed by atoms with E-state index in [9.17, 15) is 18.0 Å². The number of hydrogen-bond acceptors (Lipinski definition) is 5. The predicted molar refractivity (Wildman–Crippen MR) is 119 cm³/mol. The Labute approximate surface area is 188 Å². The lowest BCUT2D eigenvalue weighted by Crippen LogP contribution is -2.48. The van der Waals surface area contributed by atoms with Gasteiger partial charge in [-0.15, -0.1) is 0 Å². The summed E-state index contributed by atoms with van der Waals surface area (Å²) < 4.78 is 32.9. The SMILES string of the molecule is C[C@@H](C(=O)OC(C)(C)C)N1CC[C@H](N(C)S(=O)(=O)c2ccc3cc(Cl)ccc3c2)C1=O. The highest BCUT2D eigenvalue weighted by Gasteiger charge is 2.43. The fourth-order valence-corrected chi connectivity index (χ4v) is 5.17. The number of hydrogen-bond donors (Lipinski definition) is 0. The average molecular weight is 467 g/mol. The standard InChI is InChI=1S/C22H27ClN2O5S/c1-14(21(27)30-22(2,3)4)25-11-10-19(20(25)26)24(5)31(28,29)18-9-7-15-12-17(23)8-6-16(15)13-18/h6-9,12-14,19H,10-11H2,1-5H3/t14-,19-/m0/s1. The predicted octanol–water partition coefficient (Wildman–Crippen LogP) is 3.44. The number of halogens is 1. The summed E-state index contributed by atoms with van der Waals surface area (Å²) in [5.74, 6) is -0.919. The lowest BCUT2D eigenvalue weighted by Gasteiger charge is -2.28. The number of amides is 1. The van der Waals surface area contributed by atoms with Crippen molar-refractivity contribution in [1.29, 1.82) is 0 Å². The van der Waals surface area contributed by atoms with Crippen LogP contribution in [0.25, 0.3) is 10.8 Å². The number of carbonyl (C=O) groups excluding carboxylic acids is 2. The molecule has 7 nitrogen and oxygen atoms in total. The van der Waals surface area contributed by atoms with Crippen molar-refractivity contribution in [1.82, 2.24) is 9.21 Å². The van der Waals surface area contributed by atoms with Crippen LogP contribution < -0.4 is 0 Å². The maximum absolute atomic E-state index is 13.2. The second-order valence-corrected chi connectivity index (χ2v) is 11.2. The van der Waals surface area contributed by atoms with Gasteiger partial charge in [0.15, 0.2) is 0 Å². The molecule has 2 atom stereocenters. The summed E-state index contributed by atoms with van der Waals surface area (Å²) in [6.45, 7) is 7.13. The van der Waals surface area contributed by atoms with E-state index in [1.54, 1.807) is 58.0 Å². The second-order valence-electron chi connectivity index (χ2n) is 8.72. The van der Waals surface area contributed by atoms with Gasteiger partial charge in [-0.1, -0.05) is 23.7 Å². The summed E-state index contributed by atoms with van der Waals surface area (Å²) in [7, 11) is -2.52. The first-order valence-electron chi connectivity index (χ1n) is 10.0. The summed E-state index contributed by atoms with van der Waals surface area (Å²) in [5, 5.41) is 2.12. The Morgan fingerprint density at radius 2 is 1.81 bits per heavy atom. The normalized spacial score (nSPS) is 18.6. The molecule has 168 valence electrons. The number of rotatable bonds is 5. The van der Waals surface area contributed by atoms with E-state index < -0.39 is 39.6 Å². The zero-order valence-electron chi connectivity index (χ0n) is 18.3. The van der Waals surface area contributed by atoms with Crippen LogP contribution >= 0.6 is 11.6 Å². The second kappa shape index (κ2) is 8.41. The van der Waals surface area contributed by atoms with Crippen LogP contribution in [-0.2, 0) is 24.3 Å². The monoisotopic (exact) mass is 466 g/mol. The number of sulfonamides is 1. The summed E-state index contributed by atoms with van der Waals surface area (Å²) in [6.07, 6.45) is 0.297. The Balaban J connectivity index is 1.81. The minimum absolute atomic E-state index is 0.0938. The number of nitrogens with zero attached hydrogens (tertiary/aromatic N) is 2. The summed E-state index contributed by atoms with van der Waals surface area (Å²) in [5.41, 5.74) is -0.673. The molecule has 31 heavy (non-hydrogen) atoms. The lowest BCUT2D eigenvalue weighted by atomic mass is 10.1. The Kier molecular flexibility index (Phi) is 6.37. The van der Waals surface area contributed by atoms with E-state index in [-0.39, 0.29) is 11.4 Å². The molecule has 9 heteroatoms. The number of likely N-dealkylation sites (N-methyl/N-ethyl adjacent to an activating group) is 1. The first-order chi connectivity index (χ1) is 14.3. The Morgan fingerprint density at radius 3 is 2.45 bits per heavy atom. The van der Waals surface area contributed by atoms with E-state index in [2.05, 4.69) is 0 Å². The van der Waals surface area contributed by atoms with Gasteiger partial charge in [-0.05, 0) is 69.2 Å². The number of esters is 1. The van der Waals surface area contributed by atoms with Gasteiger partial charge >= 0.3 is 5.97 Å². The van der Waals surface area contributed by atoms with Crippen LogP contribution in [0.3, 0.4) is 0 Å². The van der Waals surface area contributed by atoms with Crippen LogP contribution in [0.5, 0.6) is 0 Å². The number of benzene rings is 2. The van der Waals surface area contributed by atoms with E-state index in [4.69, 9.17) is 16.3 Å². The van der Waals surface area contributed by atoms with Gasteiger partial charge in [0.1, 0.15) is 17.7 Å². The fraction of sp³-hybridized carbons (Fsp3) is 0.455. The van der Waals surface area contributed by atoms with Gasteiger partial charge in [0.05, 0.1) is 4.90 Å². The maximum atomic E-state index is 13.2. The lowest BCUT2D eigenvalue weighted by molar-refractivity contribution is -0.163. The molecule has 0 spiro atoms. The number of likely N-dealkylation sites (tertiary alicyclic amines) is 1. The van der Waals surface area contributed by atoms with Crippen molar-refractivity contribution in [2.45, 2.75) is 56.7 Å². The Hall–Kier alpha value is -2.16. The largest absolute Gasteiger partial charge is 0.458 e. The van der Waals surface area contributed by atoms with Crippen molar-refractivity contribution in [2.24, 2.45) is 0 Å². The molecule has 2 aromatic carbocycles. The van der Waals surface area contributed by atoms with Crippen molar-refractivity contribution in [2.75, 3.05) is 13.6 Å². The van der Waals surface area contributed by atoms with E-state index >= 15 is 0 Å². The molecule has 0 saturated carbocycles. The molecule has 1 heterocycles. The number of ether oxygens (including phenoxy) is 1. The molecule has 1 aliphatic heterocycles. The van der Waals surface area contributed by atoms with E-state index in [0.29, 0.717) is 11.4 Å². The van der Waals surface area contributed by atoms with Gasteiger partial charge in [-0.25, -0.2) is 13.2 Å². The summed E-state index contributed by atoms with van der Waals surface area (Å²) in [6, 6.07) is 8.29. The molecule has 1 aliphatic rings. The highest BCUT2D eigenvalue weighted by Crippen LogP contribution is 2.28. The van der Waals surface area contributed by atoms with E-state index in [0.717, 1.165) is 15.1 Å². The molecule has 0 aromatic heterocycles. The molecule has 0 unspecified atom stereocenters. The van der Waals surface area contributed by atoms with Gasteiger partial charge in [-0.2, -0.15) is 4.31 Å². The minimum Gasteiger partial charge on any atom is -0.458 e.